The minimum Gasteiger partial charge on any atom is -0.467 e. The fourth-order valence-corrected chi connectivity index (χ4v) is 2.11. The molecule has 4 N–H and O–H groups in total. The summed E-state index contributed by atoms with van der Waals surface area (Å²) in [6, 6.07) is 10.5. The number of imide groups is 1. The number of urea groups is 1. The van der Waals surface area contributed by atoms with Gasteiger partial charge in [-0.1, -0.05) is 23.7 Å². The van der Waals surface area contributed by atoms with E-state index in [9.17, 15) is 9.59 Å². The first kappa shape index (κ1) is 17.1. The molecular weight excluding hydrogens is 318 g/mol. The SMILES string of the molecule is C[C@@H]([NH2+]CC(=O)NC(=O)NCc1ccco1)c1ccc(Cl)cc1. The van der Waals surface area contributed by atoms with Gasteiger partial charge in [0.05, 0.1) is 12.8 Å². The van der Waals surface area contributed by atoms with E-state index < -0.39 is 6.03 Å². The molecule has 6 nitrogen and oxygen atoms in total. The smallest absolute Gasteiger partial charge is 0.321 e. The van der Waals surface area contributed by atoms with Crippen LogP contribution in [0, 0.1) is 0 Å². The van der Waals surface area contributed by atoms with Crippen LogP contribution in [0.4, 0.5) is 4.79 Å². The molecule has 1 aromatic heterocycles. The molecule has 3 amide bonds. The first-order chi connectivity index (χ1) is 11.0. The third-order valence-corrected chi connectivity index (χ3v) is 3.56. The first-order valence-electron chi connectivity index (χ1n) is 7.23. The summed E-state index contributed by atoms with van der Waals surface area (Å²) in [6.45, 7) is 2.36. The predicted octanol–water partition coefficient (Wildman–Crippen LogP) is 1.58. The molecule has 0 fully saturated rings. The Labute approximate surface area is 139 Å². The van der Waals surface area contributed by atoms with Crippen molar-refractivity contribution < 1.29 is 19.3 Å². The Morgan fingerprint density at radius 1 is 1.26 bits per heavy atom. The lowest BCUT2D eigenvalue weighted by atomic mass is 10.1. The molecular formula is C16H19ClN3O3+. The molecule has 23 heavy (non-hydrogen) atoms. The zero-order valence-electron chi connectivity index (χ0n) is 12.7. The molecule has 0 unspecified atom stereocenters. The van der Waals surface area contributed by atoms with Crippen LogP contribution < -0.4 is 16.0 Å². The van der Waals surface area contributed by atoms with E-state index in [1.807, 2.05) is 36.5 Å². The number of benzene rings is 1. The molecule has 0 bridgehead atoms. The van der Waals surface area contributed by atoms with Crippen LogP contribution >= 0.6 is 11.6 Å². The van der Waals surface area contributed by atoms with Crippen molar-refractivity contribution in [1.29, 1.82) is 0 Å². The van der Waals surface area contributed by atoms with Crippen LogP contribution in [0.2, 0.25) is 5.02 Å². The minimum absolute atomic E-state index is 0.0872. The summed E-state index contributed by atoms with van der Waals surface area (Å²) < 4.78 is 5.08. The van der Waals surface area contributed by atoms with Gasteiger partial charge >= 0.3 is 6.03 Å². The van der Waals surface area contributed by atoms with Crippen LogP contribution in [0.15, 0.2) is 47.1 Å². The maximum absolute atomic E-state index is 11.8. The molecule has 1 aromatic carbocycles. The van der Waals surface area contributed by atoms with Gasteiger partial charge < -0.3 is 15.1 Å². The van der Waals surface area contributed by atoms with E-state index in [2.05, 4.69) is 10.6 Å². The zero-order chi connectivity index (χ0) is 16.7. The van der Waals surface area contributed by atoms with E-state index >= 15 is 0 Å². The van der Waals surface area contributed by atoms with Crippen molar-refractivity contribution in [3.63, 3.8) is 0 Å². The molecule has 0 saturated heterocycles. The summed E-state index contributed by atoms with van der Waals surface area (Å²) in [4.78, 5) is 23.3. The van der Waals surface area contributed by atoms with Crippen molar-refractivity contribution in [1.82, 2.24) is 10.6 Å². The Kier molecular flexibility index (Phi) is 6.19. The Morgan fingerprint density at radius 3 is 2.65 bits per heavy atom. The molecule has 2 aromatic rings. The van der Waals surface area contributed by atoms with Crippen molar-refractivity contribution in [2.75, 3.05) is 6.54 Å². The third kappa shape index (κ3) is 5.77. The highest BCUT2D eigenvalue weighted by atomic mass is 35.5. The van der Waals surface area contributed by atoms with Crippen LogP contribution in [0.3, 0.4) is 0 Å². The molecule has 122 valence electrons. The van der Waals surface area contributed by atoms with Crippen LogP contribution in [-0.2, 0) is 11.3 Å². The van der Waals surface area contributed by atoms with Gasteiger partial charge in [-0.2, -0.15) is 0 Å². The number of hydrogen-bond acceptors (Lipinski definition) is 3. The molecule has 7 heteroatoms. The maximum Gasteiger partial charge on any atom is 0.321 e. The Bertz CT molecular complexity index is 641. The number of nitrogens with one attached hydrogen (secondary N) is 2. The summed E-state index contributed by atoms with van der Waals surface area (Å²) in [7, 11) is 0. The number of nitrogens with two attached hydrogens (primary N) is 1. The lowest BCUT2D eigenvalue weighted by molar-refractivity contribution is -0.682. The molecule has 0 saturated carbocycles. The highest BCUT2D eigenvalue weighted by Gasteiger charge is 2.13. The predicted molar refractivity (Wildman–Crippen MR) is 85.7 cm³/mol. The molecule has 0 spiro atoms. The summed E-state index contributed by atoms with van der Waals surface area (Å²) >= 11 is 5.84. The van der Waals surface area contributed by atoms with Crippen LogP contribution in [0.5, 0.6) is 0 Å². The molecule has 0 aliphatic carbocycles. The number of halogens is 1. The van der Waals surface area contributed by atoms with Crippen molar-refractivity contribution in [2.45, 2.75) is 19.5 Å². The van der Waals surface area contributed by atoms with Gasteiger partial charge in [0.1, 0.15) is 11.8 Å². The summed E-state index contributed by atoms with van der Waals surface area (Å²) in [5.41, 5.74) is 1.06. The van der Waals surface area contributed by atoms with Crippen molar-refractivity contribution in [3.05, 3.63) is 59.0 Å². The second-order valence-corrected chi connectivity index (χ2v) is 5.53. The summed E-state index contributed by atoms with van der Waals surface area (Å²) in [6.07, 6.45) is 1.52. The van der Waals surface area contributed by atoms with Gasteiger partial charge in [-0.25, -0.2) is 4.79 Å². The van der Waals surface area contributed by atoms with Crippen molar-refractivity contribution >= 4 is 23.5 Å². The largest absolute Gasteiger partial charge is 0.467 e. The van der Waals surface area contributed by atoms with Gasteiger partial charge in [-0.3, -0.25) is 10.1 Å². The van der Waals surface area contributed by atoms with Gasteiger partial charge in [-0.15, -0.1) is 0 Å². The zero-order valence-corrected chi connectivity index (χ0v) is 13.5. The van der Waals surface area contributed by atoms with E-state index in [0.29, 0.717) is 10.8 Å². The second-order valence-electron chi connectivity index (χ2n) is 5.09. The first-order valence-corrected chi connectivity index (χ1v) is 7.61. The fourth-order valence-electron chi connectivity index (χ4n) is 1.99. The standard InChI is InChI=1S/C16H18ClN3O3/c1-11(12-4-6-13(17)7-5-12)18-10-15(21)20-16(22)19-9-14-3-2-8-23-14/h2-8,11,18H,9-10H2,1H3,(H2,19,20,21,22)/p+1/t11-/m1/s1. The van der Waals surface area contributed by atoms with Gasteiger partial charge in [0.2, 0.25) is 0 Å². The van der Waals surface area contributed by atoms with E-state index in [0.717, 1.165) is 5.56 Å². The lowest BCUT2D eigenvalue weighted by Crippen LogP contribution is -2.87. The van der Waals surface area contributed by atoms with E-state index in [-0.39, 0.29) is 25.0 Å². The number of carbonyl (C=O) groups is 2. The normalized spacial score (nSPS) is 11.7. The molecule has 0 aliphatic heterocycles. The number of carbonyl (C=O) groups excluding carboxylic acids is 2. The van der Waals surface area contributed by atoms with E-state index in [1.165, 1.54) is 6.26 Å². The summed E-state index contributed by atoms with van der Waals surface area (Å²) in [5, 5.41) is 7.34. The second kappa shape index (κ2) is 8.36. The van der Waals surface area contributed by atoms with Gasteiger partial charge in [0.15, 0.2) is 6.54 Å². The molecule has 1 heterocycles. The highest BCUT2D eigenvalue weighted by Crippen LogP contribution is 2.13. The number of quaternary nitrogens is 1. The van der Waals surface area contributed by atoms with Crippen LogP contribution in [0.25, 0.3) is 0 Å². The topological polar surface area (TPSA) is 88.0 Å². The Morgan fingerprint density at radius 2 is 2.00 bits per heavy atom. The maximum atomic E-state index is 11.8. The number of amides is 3. The third-order valence-electron chi connectivity index (χ3n) is 3.31. The van der Waals surface area contributed by atoms with E-state index in [4.69, 9.17) is 16.0 Å². The van der Waals surface area contributed by atoms with Crippen LogP contribution in [-0.4, -0.2) is 18.5 Å². The minimum atomic E-state index is -0.543. The van der Waals surface area contributed by atoms with Crippen molar-refractivity contribution in [3.8, 4) is 0 Å². The fraction of sp³-hybridized carbons (Fsp3) is 0.250. The number of furan rings is 1. The molecule has 1 atom stereocenters. The number of hydrogen-bond donors (Lipinski definition) is 3. The average molecular weight is 337 g/mol. The monoisotopic (exact) mass is 336 g/mol. The molecule has 0 radical (unpaired) electrons. The number of rotatable bonds is 6. The van der Waals surface area contributed by atoms with Gasteiger partial charge in [-0.05, 0) is 31.2 Å². The highest BCUT2D eigenvalue weighted by molar-refractivity contribution is 6.30. The Hall–Kier alpha value is -2.31. The van der Waals surface area contributed by atoms with Gasteiger partial charge in [0, 0.05) is 10.6 Å². The lowest BCUT2D eigenvalue weighted by Gasteiger charge is -2.11. The summed E-state index contributed by atoms with van der Waals surface area (Å²) in [5.74, 6) is 0.262. The van der Waals surface area contributed by atoms with Crippen molar-refractivity contribution in [2.24, 2.45) is 0 Å². The van der Waals surface area contributed by atoms with E-state index in [1.54, 1.807) is 12.1 Å². The molecule has 2 rings (SSSR count). The van der Waals surface area contributed by atoms with Gasteiger partial charge in [0.25, 0.3) is 5.91 Å². The molecule has 0 aliphatic rings. The quantitative estimate of drug-likeness (QED) is 0.748. The Balaban J connectivity index is 1.69. The average Bonchev–Trinajstić information content (AvgIpc) is 3.05. The van der Waals surface area contributed by atoms with Crippen LogP contribution in [0.1, 0.15) is 24.3 Å².